The molecule has 2 unspecified atom stereocenters. The van der Waals surface area contributed by atoms with Gasteiger partial charge in [-0.1, -0.05) is 0 Å². The minimum atomic E-state index is -1.23. The number of carbonyl (C=O) groups is 2. The van der Waals surface area contributed by atoms with Gasteiger partial charge < -0.3 is 15.6 Å². The molecule has 0 radical (unpaired) electrons. The number of aliphatic hydroxyl groups excluding tert-OH is 1. The summed E-state index contributed by atoms with van der Waals surface area (Å²) in [5.41, 5.74) is 0.232. The maximum Gasteiger partial charge on any atom is 0.239 e. The van der Waals surface area contributed by atoms with E-state index in [9.17, 15) is 19.9 Å². The second kappa shape index (κ2) is 5.64. The summed E-state index contributed by atoms with van der Waals surface area (Å²) in [6.07, 6.45) is 0.0746. The molecule has 1 amide bonds. The number of aromatic nitrogens is 2. The smallest absolute Gasteiger partial charge is 0.239 e. The van der Waals surface area contributed by atoms with Crippen LogP contribution in [0.3, 0.4) is 0 Å². The Hall–Kier alpha value is -1.85. The fourth-order valence-electron chi connectivity index (χ4n) is 2.10. The zero-order valence-corrected chi connectivity index (χ0v) is 10.9. The molecule has 0 aliphatic carbocycles. The van der Waals surface area contributed by atoms with E-state index in [0.29, 0.717) is 0 Å². The van der Waals surface area contributed by atoms with E-state index < -0.39 is 17.3 Å². The van der Waals surface area contributed by atoms with Crippen molar-refractivity contribution in [3.05, 3.63) is 17.2 Å². The number of imidazole rings is 1. The van der Waals surface area contributed by atoms with E-state index in [2.05, 4.69) is 10.3 Å². The first kappa shape index (κ1) is 14.6. The number of quaternary nitrogens is 1. The monoisotopic (exact) mass is 284 g/mol. The van der Waals surface area contributed by atoms with Crippen LogP contribution in [-0.2, 0) is 16.3 Å². The van der Waals surface area contributed by atoms with E-state index in [-0.39, 0.29) is 37.1 Å². The molecule has 1 aliphatic rings. The van der Waals surface area contributed by atoms with Crippen molar-refractivity contribution in [1.29, 1.82) is 0 Å². The number of Topliss-reactive ketones (excluding diaryl/α,β-unsaturated/α-hetero) is 1. The molecule has 2 heterocycles. The van der Waals surface area contributed by atoms with Gasteiger partial charge >= 0.3 is 0 Å². The van der Waals surface area contributed by atoms with Crippen LogP contribution < -0.4 is 16.3 Å². The molecular weight excluding hydrogens is 268 g/mol. The molecule has 20 heavy (non-hydrogen) atoms. The standard InChI is InChI=1S/C10H16N6O4/c1-6(17)2-14-3-7(18)13-9-8(10(14)19)15(4-12-9)5-16(11)20/h4,10,16,19H,2-3,5,11H2,1H3,(H,13,18). The summed E-state index contributed by atoms with van der Waals surface area (Å²) in [5, 5.41) is 23.2. The summed E-state index contributed by atoms with van der Waals surface area (Å²) in [6, 6.07) is 0. The molecule has 2 rings (SSSR count). The topological polar surface area (TPSA) is 141 Å². The lowest BCUT2D eigenvalue weighted by Gasteiger charge is -2.25. The highest BCUT2D eigenvalue weighted by Crippen LogP contribution is 2.27. The van der Waals surface area contributed by atoms with Crippen LogP contribution in [0.5, 0.6) is 0 Å². The minimum Gasteiger partial charge on any atom is -0.612 e. The Balaban J connectivity index is 2.36. The van der Waals surface area contributed by atoms with Gasteiger partial charge in [0.25, 0.3) is 0 Å². The summed E-state index contributed by atoms with van der Waals surface area (Å²) >= 11 is 0. The zero-order chi connectivity index (χ0) is 14.9. The van der Waals surface area contributed by atoms with E-state index in [1.807, 2.05) is 0 Å². The first-order chi connectivity index (χ1) is 9.38. The lowest BCUT2D eigenvalue weighted by Crippen LogP contribution is -3.12. The summed E-state index contributed by atoms with van der Waals surface area (Å²) in [4.78, 5) is 28.1. The van der Waals surface area contributed by atoms with Crippen molar-refractivity contribution >= 4 is 17.5 Å². The fraction of sp³-hybridized carbons (Fsp3) is 0.500. The minimum absolute atomic E-state index is 0.0875. The van der Waals surface area contributed by atoms with Crippen LogP contribution in [-0.4, -0.2) is 44.3 Å². The quantitative estimate of drug-likeness (QED) is 0.339. The van der Waals surface area contributed by atoms with Gasteiger partial charge in [0.1, 0.15) is 17.8 Å². The third-order valence-corrected chi connectivity index (χ3v) is 2.83. The number of fused-ring (bicyclic) bond motifs is 1. The Labute approximate surface area is 114 Å². The van der Waals surface area contributed by atoms with Crippen LogP contribution in [0.25, 0.3) is 0 Å². The molecule has 1 aliphatic heterocycles. The molecule has 0 saturated heterocycles. The van der Waals surface area contributed by atoms with Crippen LogP contribution in [0.15, 0.2) is 6.33 Å². The van der Waals surface area contributed by atoms with E-state index in [0.717, 1.165) is 0 Å². The van der Waals surface area contributed by atoms with Crippen molar-refractivity contribution in [2.75, 3.05) is 18.4 Å². The molecule has 0 saturated carbocycles. The molecule has 110 valence electrons. The molecule has 2 atom stereocenters. The number of ketones is 1. The van der Waals surface area contributed by atoms with Crippen molar-refractivity contribution in [2.45, 2.75) is 19.8 Å². The van der Waals surface area contributed by atoms with Gasteiger partial charge in [-0.05, 0) is 6.92 Å². The van der Waals surface area contributed by atoms with Crippen molar-refractivity contribution in [2.24, 2.45) is 5.84 Å². The van der Waals surface area contributed by atoms with Crippen molar-refractivity contribution in [3.63, 3.8) is 0 Å². The van der Waals surface area contributed by atoms with Crippen LogP contribution >= 0.6 is 0 Å². The van der Waals surface area contributed by atoms with Crippen molar-refractivity contribution in [3.8, 4) is 0 Å². The summed E-state index contributed by atoms with van der Waals surface area (Å²) in [6.45, 7) is 0.948. The third-order valence-electron chi connectivity index (χ3n) is 2.83. The Morgan fingerprint density at radius 2 is 2.45 bits per heavy atom. The number of hydrogen-bond donors (Lipinski definition) is 4. The van der Waals surface area contributed by atoms with Crippen molar-refractivity contribution < 1.29 is 19.9 Å². The average Bonchev–Trinajstić information content (AvgIpc) is 2.63. The van der Waals surface area contributed by atoms with Gasteiger partial charge in [0.05, 0.1) is 13.1 Å². The number of carbonyl (C=O) groups excluding carboxylic acids is 2. The second-order valence-electron chi connectivity index (χ2n) is 4.60. The first-order valence-corrected chi connectivity index (χ1v) is 5.93. The fourth-order valence-corrected chi connectivity index (χ4v) is 2.10. The molecule has 0 spiro atoms. The number of hydrogen-bond acceptors (Lipinski definition) is 7. The maximum absolute atomic E-state index is 11.7. The van der Waals surface area contributed by atoms with Crippen LogP contribution in [0.4, 0.5) is 5.82 Å². The maximum atomic E-state index is 11.7. The number of aliphatic hydroxyl groups is 1. The Morgan fingerprint density at radius 3 is 3.05 bits per heavy atom. The summed E-state index contributed by atoms with van der Waals surface area (Å²) in [5.74, 6) is 4.69. The van der Waals surface area contributed by atoms with E-state index >= 15 is 0 Å². The molecule has 10 nitrogen and oxygen atoms in total. The number of anilines is 1. The largest absolute Gasteiger partial charge is 0.612 e. The van der Waals surface area contributed by atoms with E-state index in [1.54, 1.807) is 0 Å². The predicted octanol–water partition coefficient (Wildman–Crippen LogP) is -3.07. The number of rotatable bonds is 4. The predicted molar refractivity (Wildman–Crippen MR) is 66.6 cm³/mol. The molecule has 1 aromatic heterocycles. The van der Waals surface area contributed by atoms with Crippen LogP contribution in [0, 0.1) is 5.21 Å². The number of nitrogens with one attached hydrogen (secondary N) is 2. The van der Waals surface area contributed by atoms with Gasteiger partial charge in [-0.25, -0.2) is 4.98 Å². The summed E-state index contributed by atoms with van der Waals surface area (Å²) < 4.78 is 1.35. The first-order valence-electron chi connectivity index (χ1n) is 5.93. The van der Waals surface area contributed by atoms with Crippen LogP contribution in [0.1, 0.15) is 18.8 Å². The number of nitrogens with zero attached hydrogens (tertiary/aromatic N) is 3. The Bertz CT molecular complexity index is 528. The highest BCUT2D eigenvalue weighted by molar-refractivity contribution is 5.93. The zero-order valence-electron chi connectivity index (χ0n) is 10.9. The molecule has 10 heteroatoms. The average molecular weight is 284 g/mol. The van der Waals surface area contributed by atoms with Gasteiger partial charge in [-0.2, -0.15) is 5.84 Å². The van der Waals surface area contributed by atoms with Crippen LogP contribution in [0.2, 0.25) is 0 Å². The molecule has 5 N–H and O–H groups in total. The molecule has 1 aromatic rings. The normalized spacial score (nSPS) is 21.0. The second-order valence-corrected chi connectivity index (χ2v) is 4.60. The Kier molecular flexibility index (Phi) is 4.11. The number of amides is 1. The van der Waals surface area contributed by atoms with E-state index in [4.69, 9.17) is 5.84 Å². The Morgan fingerprint density at radius 1 is 1.75 bits per heavy atom. The number of hydroxylamine groups is 1. The molecule has 0 bridgehead atoms. The third kappa shape index (κ3) is 3.00. The highest BCUT2D eigenvalue weighted by Gasteiger charge is 2.32. The van der Waals surface area contributed by atoms with Crippen molar-refractivity contribution in [1.82, 2.24) is 14.5 Å². The SMILES string of the molecule is CC(=O)CN1CC(=O)Nc2ncn(C[NH+](N)[O-])c2C1O. The lowest BCUT2D eigenvalue weighted by molar-refractivity contribution is -0.885. The van der Waals surface area contributed by atoms with Gasteiger partial charge in [0.15, 0.2) is 18.7 Å². The van der Waals surface area contributed by atoms with Gasteiger partial charge in [0.2, 0.25) is 5.91 Å². The van der Waals surface area contributed by atoms with Gasteiger partial charge in [-0.15, -0.1) is 0 Å². The van der Waals surface area contributed by atoms with Gasteiger partial charge in [-0.3, -0.25) is 24.2 Å². The molecule has 0 fully saturated rings. The highest BCUT2D eigenvalue weighted by atomic mass is 16.5. The number of nitrogens with two attached hydrogens (primary N) is 1. The molecule has 0 aromatic carbocycles. The lowest BCUT2D eigenvalue weighted by atomic mass is 10.3. The van der Waals surface area contributed by atoms with Gasteiger partial charge in [0, 0.05) is 0 Å². The molecular formula is C10H16N6O4. The van der Waals surface area contributed by atoms with E-state index in [1.165, 1.54) is 22.7 Å². The summed E-state index contributed by atoms with van der Waals surface area (Å²) in [7, 11) is 0.